The van der Waals surface area contributed by atoms with Crippen molar-refractivity contribution in [3.63, 3.8) is 0 Å². The summed E-state index contributed by atoms with van der Waals surface area (Å²) in [6.45, 7) is 2.03. The van der Waals surface area contributed by atoms with E-state index in [1.165, 1.54) is 12.8 Å². The molecule has 1 fully saturated rings. The van der Waals surface area contributed by atoms with E-state index in [0.717, 1.165) is 5.69 Å². The third-order valence-electron chi connectivity index (χ3n) is 3.43. The van der Waals surface area contributed by atoms with E-state index in [2.05, 4.69) is 20.7 Å². The van der Waals surface area contributed by atoms with Crippen molar-refractivity contribution in [1.29, 1.82) is 0 Å². The minimum atomic E-state index is -0.208. The number of nitrogens with one attached hydrogen (secondary N) is 2. The van der Waals surface area contributed by atoms with Gasteiger partial charge in [-0.15, -0.1) is 5.10 Å². The molecule has 2 aromatic heterocycles. The van der Waals surface area contributed by atoms with Gasteiger partial charge in [-0.3, -0.25) is 10.3 Å². The monoisotopic (exact) mass is 271 g/mol. The molecule has 2 aromatic rings. The van der Waals surface area contributed by atoms with Crippen molar-refractivity contribution in [1.82, 2.24) is 20.1 Å². The van der Waals surface area contributed by atoms with E-state index >= 15 is 0 Å². The van der Waals surface area contributed by atoms with E-state index in [1.807, 2.05) is 19.1 Å². The summed E-state index contributed by atoms with van der Waals surface area (Å²) in [4.78, 5) is 15.9. The van der Waals surface area contributed by atoms with Gasteiger partial charge in [-0.05, 0) is 37.8 Å². The summed E-state index contributed by atoms with van der Waals surface area (Å²) in [6, 6.07) is 5.51. The number of hydrogen-bond donors (Lipinski definition) is 2. The van der Waals surface area contributed by atoms with Crippen LogP contribution in [0.4, 0.5) is 10.6 Å². The average molecular weight is 271 g/mol. The number of carbonyl (C=O) groups excluding carboxylic acids is 1. The van der Waals surface area contributed by atoms with E-state index in [4.69, 9.17) is 0 Å². The molecule has 1 aliphatic rings. The molecule has 2 amide bonds. The lowest BCUT2D eigenvalue weighted by Gasteiger charge is -2.12. The predicted molar refractivity (Wildman–Crippen MR) is 75.7 cm³/mol. The number of pyridine rings is 1. The largest absolute Gasteiger partial charge is 0.335 e. The molecular weight excluding hydrogens is 254 g/mol. The number of anilines is 1. The van der Waals surface area contributed by atoms with Crippen molar-refractivity contribution in [2.75, 3.05) is 5.32 Å². The van der Waals surface area contributed by atoms with Gasteiger partial charge in [0.25, 0.3) is 0 Å². The molecule has 1 unspecified atom stereocenters. The van der Waals surface area contributed by atoms with Crippen LogP contribution in [0.5, 0.6) is 0 Å². The molecule has 20 heavy (non-hydrogen) atoms. The van der Waals surface area contributed by atoms with Gasteiger partial charge in [0.05, 0.1) is 11.9 Å². The second kappa shape index (κ2) is 5.32. The Morgan fingerprint density at radius 3 is 3.00 bits per heavy atom. The van der Waals surface area contributed by atoms with E-state index in [9.17, 15) is 4.79 Å². The molecule has 0 aromatic carbocycles. The highest BCUT2D eigenvalue weighted by Crippen LogP contribution is 2.32. The Morgan fingerprint density at radius 2 is 2.30 bits per heavy atom. The second-order valence-electron chi connectivity index (χ2n) is 5.08. The Bertz CT molecular complexity index is 591. The van der Waals surface area contributed by atoms with Crippen LogP contribution in [0.25, 0.3) is 5.69 Å². The smallest absolute Gasteiger partial charge is 0.320 e. The summed E-state index contributed by atoms with van der Waals surface area (Å²) in [5.41, 5.74) is 0.854. The topological polar surface area (TPSA) is 71.8 Å². The van der Waals surface area contributed by atoms with Crippen molar-refractivity contribution < 1.29 is 4.79 Å². The van der Waals surface area contributed by atoms with Crippen LogP contribution in [-0.4, -0.2) is 26.8 Å². The van der Waals surface area contributed by atoms with Crippen molar-refractivity contribution in [2.45, 2.75) is 25.8 Å². The molecule has 1 atom stereocenters. The van der Waals surface area contributed by atoms with Gasteiger partial charge in [0.2, 0.25) is 0 Å². The van der Waals surface area contributed by atoms with Gasteiger partial charge in [-0.1, -0.05) is 0 Å². The summed E-state index contributed by atoms with van der Waals surface area (Å²) in [7, 11) is 0. The van der Waals surface area contributed by atoms with Crippen LogP contribution in [-0.2, 0) is 0 Å². The van der Waals surface area contributed by atoms with E-state index < -0.39 is 0 Å². The fourth-order valence-corrected chi connectivity index (χ4v) is 2.10. The summed E-state index contributed by atoms with van der Waals surface area (Å²) in [5.74, 6) is 1.16. The lowest BCUT2D eigenvalue weighted by Crippen LogP contribution is -2.37. The zero-order valence-corrected chi connectivity index (χ0v) is 11.3. The van der Waals surface area contributed by atoms with Crippen LogP contribution >= 0.6 is 0 Å². The average Bonchev–Trinajstić information content (AvgIpc) is 3.21. The first-order valence-electron chi connectivity index (χ1n) is 6.76. The first kappa shape index (κ1) is 12.7. The SMILES string of the molecule is CC(NC(=O)Nc1ccn(-c2cccnc2)n1)C1CC1. The quantitative estimate of drug-likeness (QED) is 0.895. The summed E-state index contributed by atoms with van der Waals surface area (Å²) in [5, 5.41) is 9.96. The Balaban J connectivity index is 1.61. The molecule has 6 heteroatoms. The zero-order chi connectivity index (χ0) is 13.9. The molecule has 0 bridgehead atoms. The molecule has 1 saturated carbocycles. The van der Waals surface area contributed by atoms with Gasteiger partial charge < -0.3 is 5.32 Å². The number of nitrogens with zero attached hydrogens (tertiary/aromatic N) is 3. The van der Waals surface area contributed by atoms with E-state index in [1.54, 1.807) is 29.3 Å². The number of urea groups is 1. The molecule has 3 rings (SSSR count). The maximum absolute atomic E-state index is 11.8. The number of carbonyl (C=O) groups is 1. The summed E-state index contributed by atoms with van der Waals surface area (Å²) >= 11 is 0. The highest BCUT2D eigenvalue weighted by atomic mass is 16.2. The highest BCUT2D eigenvalue weighted by molar-refractivity contribution is 5.88. The minimum absolute atomic E-state index is 0.208. The van der Waals surface area contributed by atoms with Gasteiger partial charge in [0, 0.05) is 24.5 Å². The lowest BCUT2D eigenvalue weighted by atomic mass is 10.2. The maximum Gasteiger partial charge on any atom is 0.320 e. The Hall–Kier alpha value is -2.37. The molecule has 6 nitrogen and oxygen atoms in total. The molecule has 2 N–H and O–H groups in total. The first-order chi connectivity index (χ1) is 9.72. The third kappa shape index (κ3) is 2.96. The van der Waals surface area contributed by atoms with Gasteiger partial charge in [-0.25, -0.2) is 9.48 Å². The predicted octanol–water partition coefficient (Wildman–Crippen LogP) is 2.19. The van der Waals surface area contributed by atoms with Gasteiger partial charge in [0.1, 0.15) is 0 Å². The highest BCUT2D eigenvalue weighted by Gasteiger charge is 2.28. The minimum Gasteiger partial charge on any atom is -0.335 e. The van der Waals surface area contributed by atoms with Gasteiger partial charge >= 0.3 is 6.03 Å². The fraction of sp³-hybridized carbons (Fsp3) is 0.357. The van der Waals surface area contributed by atoms with E-state index in [-0.39, 0.29) is 12.1 Å². The van der Waals surface area contributed by atoms with Gasteiger partial charge in [-0.2, -0.15) is 0 Å². The molecular formula is C14H17N5O. The van der Waals surface area contributed by atoms with Crippen LogP contribution < -0.4 is 10.6 Å². The maximum atomic E-state index is 11.8. The van der Waals surface area contributed by atoms with Crippen LogP contribution in [0.15, 0.2) is 36.8 Å². The molecule has 0 aliphatic heterocycles. The fourth-order valence-electron chi connectivity index (χ4n) is 2.10. The van der Waals surface area contributed by atoms with Crippen molar-refractivity contribution in [3.8, 4) is 5.69 Å². The normalized spacial score (nSPS) is 15.7. The Kier molecular flexibility index (Phi) is 3.37. The molecule has 1 aliphatic carbocycles. The van der Waals surface area contributed by atoms with Crippen molar-refractivity contribution in [3.05, 3.63) is 36.8 Å². The lowest BCUT2D eigenvalue weighted by molar-refractivity contribution is 0.248. The number of rotatable bonds is 4. The van der Waals surface area contributed by atoms with Crippen LogP contribution in [0, 0.1) is 5.92 Å². The number of hydrogen-bond acceptors (Lipinski definition) is 3. The second-order valence-corrected chi connectivity index (χ2v) is 5.08. The van der Waals surface area contributed by atoms with Gasteiger partial charge in [0.15, 0.2) is 5.82 Å². The van der Waals surface area contributed by atoms with Crippen LogP contribution in [0.3, 0.4) is 0 Å². The summed E-state index contributed by atoms with van der Waals surface area (Å²) < 4.78 is 1.67. The van der Waals surface area contributed by atoms with E-state index in [0.29, 0.717) is 11.7 Å². The molecule has 0 radical (unpaired) electrons. The van der Waals surface area contributed by atoms with Crippen molar-refractivity contribution in [2.24, 2.45) is 5.92 Å². The zero-order valence-electron chi connectivity index (χ0n) is 11.3. The molecule has 2 heterocycles. The Morgan fingerprint density at radius 1 is 1.45 bits per heavy atom. The third-order valence-corrected chi connectivity index (χ3v) is 3.43. The number of amides is 2. The number of aromatic nitrogens is 3. The van der Waals surface area contributed by atoms with Crippen molar-refractivity contribution >= 4 is 11.8 Å². The first-order valence-corrected chi connectivity index (χ1v) is 6.76. The molecule has 0 spiro atoms. The molecule has 104 valence electrons. The standard InChI is InChI=1S/C14H17N5O/c1-10(11-4-5-11)16-14(20)17-13-6-8-19(18-13)12-3-2-7-15-9-12/h2-3,6-11H,4-5H2,1H3,(H2,16,17,18,20). The summed E-state index contributed by atoms with van der Waals surface area (Å²) in [6.07, 6.45) is 7.62. The van der Waals surface area contributed by atoms with Crippen LogP contribution in [0.1, 0.15) is 19.8 Å². The molecule has 0 saturated heterocycles. The Labute approximate surface area is 117 Å². The van der Waals surface area contributed by atoms with Crippen LogP contribution in [0.2, 0.25) is 0 Å².